The van der Waals surface area contributed by atoms with Gasteiger partial charge in [0, 0.05) is 0 Å². The molecule has 8 nitrogen and oxygen atoms in total. The Bertz CT molecular complexity index is 696. The van der Waals surface area contributed by atoms with Gasteiger partial charge in [0.25, 0.3) is 11.1 Å². The average molecular weight is 337 g/mol. The maximum absolute atomic E-state index is 12.0. The number of amides is 2. The van der Waals surface area contributed by atoms with Crippen LogP contribution in [0.4, 0.5) is 4.79 Å². The number of carbonyl (C=O) groups excluding carboxylic acids is 2. The van der Waals surface area contributed by atoms with E-state index in [-0.39, 0.29) is 4.91 Å². The molecule has 0 atom stereocenters. The van der Waals surface area contributed by atoms with Gasteiger partial charge in [-0.25, -0.2) is 4.79 Å². The largest absolute Gasteiger partial charge is 0.482 e. The fourth-order valence-electron chi connectivity index (χ4n) is 1.73. The van der Waals surface area contributed by atoms with Crippen LogP contribution in [-0.2, 0) is 14.4 Å². The van der Waals surface area contributed by atoms with Crippen LogP contribution in [0, 0.1) is 0 Å². The highest BCUT2D eigenvalue weighted by Crippen LogP contribution is 2.32. The minimum atomic E-state index is -1.27. The maximum atomic E-state index is 12.0. The summed E-state index contributed by atoms with van der Waals surface area (Å²) in [5.74, 6) is -2.67. The van der Waals surface area contributed by atoms with Gasteiger partial charge in [0.05, 0.1) is 4.91 Å². The van der Waals surface area contributed by atoms with Crippen molar-refractivity contribution in [2.24, 2.45) is 0 Å². The molecule has 2 N–H and O–H groups in total. The van der Waals surface area contributed by atoms with E-state index in [0.29, 0.717) is 28.0 Å². The van der Waals surface area contributed by atoms with Crippen molar-refractivity contribution in [3.8, 4) is 5.75 Å². The Morgan fingerprint density at radius 3 is 2.35 bits per heavy atom. The molecular formula is C14H11NO7S. The molecule has 1 heterocycles. The van der Waals surface area contributed by atoms with E-state index in [4.69, 9.17) is 14.9 Å². The standard InChI is InChI=1S/C14H11NO7S/c16-11(17)6-15-13(20)10(23-14(15)21)5-8-1-3-9(4-2-8)22-7-12(18)19/h1-5H,6-7H2,(H,16,17)(H,18,19)/b10-5-. The number of carboxylic acid groups (broad SMARTS) is 2. The zero-order valence-electron chi connectivity index (χ0n) is 11.6. The van der Waals surface area contributed by atoms with Crippen molar-refractivity contribution in [1.82, 2.24) is 4.90 Å². The van der Waals surface area contributed by atoms with Gasteiger partial charge >= 0.3 is 11.9 Å². The predicted molar refractivity (Wildman–Crippen MR) is 79.9 cm³/mol. The van der Waals surface area contributed by atoms with E-state index in [2.05, 4.69) is 0 Å². The van der Waals surface area contributed by atoms with Gasteiger partial charge in [0.15, 0.2) is 6.61 Å². The minimum Gasteiger partial charge on any atom is -0.482 e. The summed E-state index contributed by atoms with van der Waals surface area (Å²) in [5.41, 5.74) is 0.591. The van der Waals surface area contributed by atoms with Crippen LogP contribution in [-0.4, -0.2) is 51.3 Å². The van der Waals surface area contributed by atoms with E-state index in [9.17, 15) is 19.2 Å². The van der Waals surface area contributed by atoms with E-state index in [1.807, 2.05) is 0 Å². The first kappa shape index (κ1) is 16.6. The maximum Gasteiger partial charge on any atom is 0.341 e. The molecule has 9 heteroatoms. The summed E-state index contributed by atoms with van der Waals surface area (Å²) in [6.07, 6.45) is 1.45. The molecule has 1 fully saturated rings. The molecule has 0 spiro atoms. The molecule has 0 saturated carbocycles. The average Bonchev–Trinajstić information content (AvgIpc) is 2.74. The van der Waals surface area contributed by atoms with Crippen LogP contribution >= 0.6 is 11.8 Å². The summed E-state index contributed by atoms with van der Waals surface area (Å²) in [6.45, 7) is -1.14. The first-order valence-electron chi connectivity index (χ1n) is 6.28. The molecule has 1 aromatic carbocycles. The quantitative estimate of drug-likeness (QED) is 0.744. The molecule has 0 radical (unpaired) electrons. The van der Waals surface area contributed by atoms with Gasteiger partial charge in [-0.05, 0) is 35.5 Å². The third-order valence-electron chi connectivity index (χ3n) is 2.71. The molecule has 23 heavy (non-hydrogen) atoms. The summed E-state index contributed by atoms with van der Waals surface area (Å²) in [5, 5.41) is 16.5. The van der Waals surface area contributed by atoms with Gasteiger partial charge < -0.3 is 14.9 Å². The van der Waals surface area contributed by atoms with Crippen molar-refractivity contribution in [1.29, 1.82) is 0 Å². The molecule has 0 aromatic heterocycles. The summed E-state index contributed by atoms with van der Waals surface area (Å²) >= 11 is 0.663. The zero-order valence-corrected chi connectivity index (χ0v) is 12.4. The van der Waals surface area contributed by atoms with Gasteiger partial charge in [0.2, 0.25) is 0 Å². The van der Waals surface area contributed by atoms with E-state index < -0.39 is 36.2 Å². The number of hydrogen-bond donors (Lipinski definition) is 2. The second-order valence-electron chi connectivity index (χ2n) is 4.41. The monoisotopic (exact) mass is 337 g/mol. The lowest BCUT2D eigenvalue weighted by atomic mass is 10.2. The SMILES string of the molecule is O=C(O)COc1ccc(/C=C2\SC(=O)N(CC(=O)O)C2=O)cc1. The second-order valence-corrected chi connectivity index (χ2v) is 5.41. The van der Waals surface area contributed by atoms with Crippen LogP contribution in [0.15, 0.2) is 29.2 Å². The Morgan fingerprint density at radius 2 is 1.78 bits per heavy atom. The number of imide groups is 1. The van der Waals surface area contributed by atoms with E-state index >= 15 is 0 Å². The second kappa shape index (κ2) is 6.97. The Balaban J connectivity index is 2.09. The van der Waals surface area contributed by atoms with Crippen molar-refractivity contribution in [3.63, 3.8) is 0 Å². The summed E-state index contributed by atoms with van der Waals surface area (Å²) in [6, 6.07) is 6.22. The fraction of sp³-hybridized carbons (Fsp3) is 0.143. The van der Waals surface area contributed by atoms with Crippen LogP contribution in [0.25, 0.3) is 6.08 Å². The number of carbonyl (C=O) groups is 4. The highest BCUT2D eigenvalue weighted by atomic mass is 32.2. The summed E-state index contributed by atoms with van der Waals surface area (Å²) in [7, 11) is 0. The van der Waals surface area contributed by atoms with Crippen LogP contribution in [0.2, 0.25) is 0 Å². The number of hydrogen-bond acceptors (Lipinski definition) is 6. The highest BCUT2D eigenvalue weighted by molar-refractivity contribution is 8.18. The Morgan fingerprint density at radius 1 is 1.13 bits per heavy atom. The summed E-state index contributed by atoms with van der Waals surface area (Å²) < 4.78 is 4.97. The Labute approximate surface area is 134 Å². The third kappa shape index (κ3) is 4.33. The lowest BCUT2D eigenvalue weighted by molar-refractivity contribution is -0.140. The molecule has 120 valence electrons. The first-order chi connectivity index (χ1) is 10.9. The fourth-order valence-corrected chi connectivity index (χ4v) is 2.57. The van der Waals surface area contributed by atoms with Crippen molar-refractivity contribution in [2.45, 2.75) is 0 Å². The van der Waals surface area contributed by atoms with Gasteiger partial charge in [-0.3, -0.25) is 19.3 Å². The number of benzene rings is 1. The van der Waals surface area contributed by atoms with Crippen LogP contribution < -0.4 is 4.74 Å². The third-order valence-corrected chi connectivity index (χ3v) is 3.61. The first-order valence-corrected chi connectivity index (χ1v) is 7.10. The molecule has 2 rings (SSSR count). The van der Waals surface area contributed by atoms with E-state index in [1.165, 1.54) is 18.2 Å². The van der Waals surface area contributed by atoms with Crippen LogP contribution in [0.5, 0.6) is 5.75 Å². The molecule has 0 unspecified atom stereocenters. The van der Waals surface area contributed by atoms with E-state index in [0.717, 1.165) is 0 Å². The van der Waals surface area contributed by atoms with Gasteiger partial charge in [-0.2, -0.15) is 0 Å². The molecule has 1 saturated heterocycles. The lowest BCUT2D eigenvalue weighted by Gasteiger charge is -2.07. The topological polar surface area (TPSA) is 121 Å². The van der Waals surface area contributed by atoms with Gasteiger partial charge in [0.1, 0.15) is 12.3 Å². The highest BCUT2D eigenvalue weighted by Gasteiger charge is 2.36. The molecular weight excluding hydrogens is 326 g/mol. The number of rotatable bonds is 6. The smallest absolute Gasteiger partial charge is 0.341 e. The Hall–Kier alpha value is -2.81. The molecule has 1 aromatic rings. The van der Waals surface area contributed by atoms with Crippen molar-refractivity contribution >= 4 is 40.9 Å². The Kier molecular flexibility index (Phi) is 5.02. The zero-order chi connectivity index (χ0) is 17.0. The number of nitrogens with zero attached hydrogens (tertiary/aromatic N) is 1. The lowest BCUT2D eigenvalue weighted by Crippen LogP contribution is -2.33. The molecule has 1 aliphatic rings. The molecule has 0 aliphatic carbocycles. The van der Waals surface area contributed by atoms with Crippen molar-refractivity contribution < 1.29 is 34.1 Å². The summed E-state index contributed by atoms with van der Waals surface area (Å²) in [4.78, 5) is 45.4. The minimum absolute atomic E-state index is 0.121. The number of carboxylic acids is 2. The molecule has 1 aliphatic heterocycles. The van der Waals surface area contributed by atoms with Crippen molar-refractivity contribution in [2.75, 3.05) is 13.2 Å². The van der Waals surface area contributed by atoms with Gasteiger partial charge in [-0.1, -0.05) is 12.1 Å². The number of thioether (sulfide) groups is 1. The van der Waals surface area contributed by atoms with Crippen molar-refractivity contribution in [3.05, 3.63) is 34.7 Å². The molecule has 0 bridgehead atoms. The van der Waals surface area contributed by atoms with Crippen LogP contribution in [0.1, 0.15) is 5.56 Å². The molecule has 2 amide bonds. The number of ether oxygens (including phenoxy) is 1. The van der Waals surface area contributed by atoms with E-state index in [1.54, 1.807) is 12.1 Å². The number of aliphatic carboxylic acids is 2. The normalized spacial score (nSPS) is 16.0. The predicted octanol–water partition coefficient (Wildman–Crippen LogP) is 1.27. The van der Waals surface area contributed by atoms with Gasteiger partial charge in [-0.15, -0.1) is 0 Å². The van der Waals surface area contributed by atoms with Crippen LogP contribution in [0.3, 0.4) is 0 Å².